The fourth-order valence-electron chi connectivity index (χ4n) is 4.30. The van der Waals surface area contributed by atoms with E-state index < -0.39 is 10.0 Å². The number of rotatable bonds is 6. The van der Waals surface area contributed by atoms with Crippen LogP contribution in [0.5, 0.6) is 0 Å². The average molecular weight is 460 g/mol. The van der Waals surface area contributed by atoms with Crippen LogP contribution in [-0.2, 0) is 21.4 Å². The predicted octanol–water partition coefficient (Wildman–Crippen LogP) is 2.62. The zero-order chi connectivity index (χ0) is 22.6. The van der Waals surface area contributed by atoms with E-state index in [2.05, 4.69) is 5.32 Å². The molecule has 2 aliphatic rings. The summed E-state index contributed by atoms with van der Waals surface area (Å²) in [6, 6.07) is 10.1. The van der Waals surface area contributed by atoms with Crippen LogP contribution in [0.2, 0.25) is 0 Å². The van der Waals surface area contributed by atoms with Crippen LogP contribution >= 0.6 is 0 Å². The average Bonchev–Trinajstić information content (AvgIpc) is 3.38. The molecule has 3 heterocycles. The topological polar surface area (TPSA) is 99.9 Å². The van der Waals surface area contributed by atoms with E-state index in [0.29, 0.717) is 44.8 Å². The molecule has 32 heavy (non-hydrogen) atoms. The molecule has 1 aromatic carbocycles. The molecule has 8 nitrogen and oxygen atoms in total. The molecule has 172 valence electrons. The van der Waals surface area contributed by atoms with Crippen LogP contribution in [0.4, 0.5) is 0 Å². The first kappa shape index (κ1) is 22.5. The van der Waals surface area contributed by atoms with Crippen molar-refractivity contribution in [3.8, 4) is 0 Å². The van der Waals surface area contributed by atoms with Gasteiger partial charge in [0.05, 0.1) is 11.2 Å². The largest absolute Gasteiger partial charge is 0.459 e. The highest BCUT2D eigenvalue weighted by atomic mass is 32.2. The normalized spacial score (nSPS) is 18.4. The van der Waals surface area contributed by atoms with E-state index in [-0.39, 0.29) is 29.2 Å². The van der Waals surface area contributed by atoms with Crippen molar-refractivity contribution in [3.05, 3.63) is 54.0 Å². The molecule has 2 saturated heterocycles. The van der Waals surface area contributed by atoms with Crippen LogP contribution < -0.4 is 5.32 Å². The first-order valence-electron chi connectivity index (χ1n) is 11.1. The molecule has 0 saturated carbocycles. The Balaban J connectivity index is 1.30. The molecule has 2 amide bonds. The molecule has 9 heteroatoms. The fraction of sp³-hybridized carbons (Fsp3) is 0.478. The lowest BCUT2D eigenvalue weighted by atomic mass is 9.95. The Kier molecular flexibility index (Phi) is 6.95. The predicted molar refractivity (Wildman–Crippen MR) is 118 cm³/mol. The number of likely N-dealkylation sites (tertiary alicyclic amines) is 1. The second-order valence-electron chi connectivity index (χ2n) is 8.37. The minimum atomic E-state index is -3.50. The summed E-state index contributed by atoms with van der Waals surface area (Å²) < 4.78 is 32.5. The Morgan fingerprint density at radius 1 is 1.00 bits per heavy atom. The molecule has 2 aromatic rings. The first-order valence-corrected chi connectivity index (χ1v) is 12.6. The maximum Gasteiger partial charge on any atom is 0.289 e. The van der Waals surface area contributed by atoms with Gasteiger partial charge in [-0.1, -0.05) is 18.6 Å². The minimum Gasteiger partial charge on any atom is -0.459 e. The number of sulfonamides is 1. The molecule has 2 fully saturated rings. The van der Waals surface area contributed by atoms with Gasteiger partial charge in [-0.3, -0.25) is 9.59 Å². The van der Waals surface area contributed by atoms with E-state index in [9.17, 15) is 18.0 Å². The van der Waals surface area contributed by atoms with E-state index in [0.717, 1.165) is 24.8 Å². The van der Waals surface area contributed by atoms with Crippen LogP contribution in [0, 0.1) is 5.92 Å². The van der Waals surface area contributed by atoms with Crippen LogP contribution in [0.25, 0.3) is 0 Å². The lowest BCUT2D eigenvalue weighted by molar-refractivity contribution is -0.126. The third-order valence-corrected chi connectivity index (χ3v) is 8.10. The first-order chi connectivity index (χ1) is 15.4. The Bertz CT molecular complexity index is 1040. The second kappa shape index (κ2) is 9.87. The highest BCUT2D eigenvalue weighted by molar-refractivity contribution is 7.89. The number of nitrogens with zero attached hydrogens (tertiary/aromatic N) is 2. The summed E-state index contributed by atoms with van der Waals surface area (Å²) >= 11 is 0. The fourth-order valence-corrected chi connectivity index (χ4v) is 5.89. The smallest absolute Gasteiger partial charge is 0.289 e. The van der Waals surface area contributed by atoms with Gasteiger partial charge in [-0.25, -0.2) is 8.42 Å². The van der Waals surface area contributed by atoms with Gasteiger partial charge in [0, 0.05) is 38.6 Å². The van der Waals surface area contributed by atoms with Crippen molar-refractivity contribution in [1.82, 2.24) is 14.5 Å². The number of piperidine rings is 2. The zero-order valence-corrected chi connectivity index (χ0v) is 18.9. The van der Waals surface area contributed by atoms with Crippen LogP contribution in [0.15, 0.2) is 52.0 Å². The van der Waals surface area contributed by atoms with Crippen molar-refractivity contribution in [1.29, 1.82) is 0 Å². The quantitative estimate of drug-likeness (QED) is 0.716. The maximum atomic E-state index is 12.9. The number of furan rings is 1. The van der Waals surface area contributed by atoms with Crippen LogP contribution in [0.1, 0.15) is 48.2 Å². The third-order valence-electron chi connectivity index (χ3n) is 6.20. The van der Waals surface area contributed by atoms with Gasteiger partial charge in [-0.2, -0.15) is 4.31 Å². The van der Waals surface area contributed by atoms with Gasteiger partial charge in [0.15, 0.2) is 5.76 Å². The molecule has 1 aromatic heterocycles. The highest BCUT2D eigenvalue weighted by Crippen LogP contribution is 2.22. The standard InChI is InChI=1S/C23H29N3O5S/c27-22(19-9-13-25(14-10-19)23(28)21-8-5-15-31-21)24-17-18-6-4-7-20(16-18)32(29,30)26-11-2-1-3-12-26/h4-8,15-16,19H,1-3,9-14,17H2,(H,24,27). The molecule has 0 spiro atoms. The summed E-state index contributed by atoms with van der Waals surface area (Å²) in [5.41, 5.74) is 0.752. The molecule has 1 N–H and O–H groups in total. The number of nitrogens with one attached hydrogen (secondary N) is 1. The van der Waals surface area contributed by atoms with Crippen molar-refractivity contribution in [2.75, 3.05) is 26.2 Å². The molecule has 0 bridgehead atoms. The van der Waals surface area contributed by atoms with E-state index in [4.69, 9.17) is 4.42 Å². The van der Waals surface area contributed by atoms with Gasteiger partial charge in [-0.05, 0) is 55.5 Å². The Hall–Kier alpha value is -2.65. The van der Waals surface area contributed by atoms with E-state index in [1.165, 1.54) is 6.26 Å². The van der Waals surface area contributed by atoms with E-state index in [1.807, 2.05) is 6.07 Å². The lowest BCUT2D eigenvalue weighted by Gasteiger charge is -2.30. The van der Waals surface area contributed by atoms with Crippen molar-refractivity contribution in [2.45, 2.75) is 43.5 Å². The van der Waals surface area contributed by atoms with E-state index >= 15 is 0 Å². The van der Waals surface area contributed by atoms with Gasteiger partial charge in [0.25, 0.3) is 5.91 Å². The number of hydrogen-bond acceptors (Lipinski definition) is 5. The minimum absolute atomic E-state index is 0.0700. The number of carbonyl (C=O) groups excluding carboxylic acids is 2. The summed E-state index contributed by atoms with van der Waals surface area (Å²) in [5.74, 6) is -0.0804. The highest BCUT2D eigenvalue weighted by Gasteiger charge is 2.29. The molecule has 0 unspecified atom stereocenters. The van der Waals surface area contributed by atoms with Gasteiger partial charge in [0.2, 0.25) is 15.9 Å². The van der Waals surface area contributed by atoms with E-state index in [1.54, 1.807) is 39.5 Å². The van der Waals surface area contributed by atoms with Gasteiger partial charge in [0.1, 0.15) is 0 Å². The second-order valence-corrected chi connectivity index (χ2v) is 10.3. The van der Waals surface area contributed by atoms with Gasteiger partial charge in [-0.15, -0.1) is 0 Å². The third kappa shape index (κ3) is 5.05. The van der Waals surface area contributed by atoms with Gasteiger partial charge < -0.3 is 14.6 Å². The summed E-state index contributed by atoms with van der Waals surface area (Å²) in [4.78, 5) is 27.0. The van der Waals surface area contributed by atoms with Crippen molar-refractivity contribution >= 4 is 21.8 Å². The lowest BCUT2D eigenvalue weighted by Crippen LogP contribution is -2.42. The molecule has 4 rings (SSSR count). The number of hydrogen-bond donors (Lipinski definition) is 1. The zero-order valence-electron chi connectivity index (χ0n) is 18.0. The number of carbonyl (C=O) groups is 2. The molecule has 0 aliphatic carbocycles. The Morgan fingerprint density at radius 2 is 1.75 bits per heavy atom. The number of benzene rings is 1. The van der Waals surface area contributed by atoms with Crippen molar-refractivity contribution in [3.63, 3.8) is 0 Å². The van der Waals surface area contributed by atoms with Crippen molar-refractivity contribution < 1.29 is 22.4 Å². The van der Waals surface area contributed by atoms with Crippen LogP contribution in [-0.4, -0.2) is 55.6 Å². The Morgan fingerprint density at radius 3 is 2.44 bits per heavy atom. The molecule has 2 aliphatic heterocycles. The molecular weight excluding hydrogens is 430 g/mol. The summed E-state index contributed by atoms with van der Waals surface area (Å²) in [5, 5.41) is 2.93. The maximum absolute atomic E-state index is 12.9. The SMILES string of the molecule is O=C(NCc1cccc(S(=O)(=O)N2CCCCC2)c1)C1CCN(C(=O)c2ccco2)CC1. The summed E-state index contributed by atoms with van der Waals surface area (Å²) in [7, 11) is -3.50. The van der Waals surface area contributed by atoms with Crippen molar-refractivity contribution in [2.24, 2.45) is 5.92 Å². The number of amides is 2. The summed E-state index contributed by atoms with van der Waals surface area (Å²) in [6.45, 7) is 2.39. The monoisotopic (exact) mass is 459 g/mol. The van der Waals surface area contributed by atoms with Gasteiger partial charge >= 0.3 is 0 Å². The summed E-state index contributed by atoms with van der Waals surface area (Å²) in [6.07, 6.45) is 5.49. The molecule has 0 radical (unpaired) electrons. The molecule has 0 atom stereocenters. The van der Waals surface area contributed by atoms with Crippen LogP contribution in [0.3, 0.4) is 0 Å². The molecular formula is C23H29N3O5S. The Labute approximate surface area is 188 Å².